The van der Waals surface area contributed by atoms with Crippen LogP contribution in [0.1, 0.15) is 16.1 Å². The summed E-state index contributed by atoms with van der Waals surface area (Å²) in [6, 6.07) is 8.14. The summed E-state index contributed by atoms with van der Waals surface area (Å²) >= 11 is 0. The van der Waals surface area contributed by atoms with Crippen LogP contribution in [0, 0.1) is 17.0 Å². The molecule has 1 saturated heterocycles. The van der Waals surface area contributed by atoms with E-state index >= 15 is 0 Å². The highest BCUT2D eigenvalue weighted by Gasteiger charge is 2.19. The van der Waals surface area contributed by atoms with Gasteiger partial charge in [0, 0.05) is 55.3 Å². The van der Waals surface area contributed by atoms with Crippen molar-refractivity contribution < 1.29 is 14.5 Å². The second-order valence-corrected chi connectivity index (χ2v) is 6.31. The Bertz CT molecular complexity index is 825. The Morgan fingerprint density at radius 1 is 1.27 bits per heavy atom. The average Bonchev–Trinajstić information content (AvgIpc) is 2.97. The first-order chi connectivity index (χ1) is 12.5. The third kappa shape index (κ3) is 3.76. The maximum absolute atomic E-state index is 11.8. The number of nitrogens with zero attached hydrogens (tertiary/aromatic N) is 3. The topological polar surface area (TPSA) is 104 Å². The lowest BCUT2D eigenvalue weighted by Gasteiger charge is -2.27. The van der Waals surface area contributed by atoms with E-state index < -0.39 is 10.8 Å². The van der Waals surface area contributed by atoms with Crippen molar-refractivity contribution in [3.63, 3.8) is 0 Å². The van der Waals surface area contributed by atoms with E-state index in [-0.39, 0.29) is 5.69 Å². The molecule has 1 aromatic carbocycles. The number of non-ortho nitro benzene ring substituents is 1. The van der Waals surface area contributed by atoms with E-state index in [0.29, 0.717) is 17.7 Å². The lowest BCUT2D eigenvalue weighted by Crippen LogP contribution is -2.38. The van der Waals surface area contributed by atoms with Gasteiger partial charge in [-0.15, -0.1) is 0 Å². The number of benzene rings is 1. The molecule has 8 nitrogen and oxygen atoms in total. The second-order valence-electron chi connectivity index (χ2n) is 6.31. The van der Waals surface area contributed by atoms with E-state index in [9.17, 15) is 14.9 Å². The van der Waals surface area contributed by atoms with Gasteiger partial charge in [-0.3, -0.25) is 19.8 Å². The number of nitro groups is 1. The lowest BCUT2D eigenvalue weighted by molar-refractivity contribution is -0.384. The zero-order valence-corrected chi connectivity index (χ0v) is 14.7. The van der Waals surface area contributed by atoms with E-state index in [0.717, 1.165) is 44.2 Å². The fraction of sp³-hybridized carbons (Fsp3) is 0.389. The van der Waals surface area contributed by atoms with Crippen LogP contribution in [0.4, 0.5) is 5.69 Å². The number of ether oxygens (including phenoxy) is 1. The van der Waals surface area contributed by atoms with E-state index in [4.69, 9.17) is 10.5 Å². The van der Waals surface area contributed by atoms with E-state index in [1.54, 1.807) is 18.2 Å². The summed E-state index contributed by atoms with van der Waals surface area (Å²) in [7, 11) is 0. The highest BCUT2D eigenvalue weighted by Crippen LogP contribution is 2.28. The van der Waals surface area contributed by atoms with Gasteiger partial charge in [-0.1, -0.05) is 12.1 Å². The summed E-state index contributed by atoms with van der Waals surface area (Å²) in [6.07, 6.45) is 0. The van der Waals surface area contributed by atoms with Crippen molar-refractivity contribution in [1.29, 1.82) is 0 Å². The van der Waals surface area contributed by atoms with Crippen LogP contribution in [-0.2, 0) is 11.3 Å². The van der Waals surface area contributed by atoms with Crippen LogP contribution in [0.25, 0.3) is 11.3 Å². The van der Waals surface area contributed by atoms with Crippen molar-refractivity contribution in [2.24, 2.45) is 5.73 Å². The van der Waals surface area contributed by atoms with Gasteiger partial charge in [0.25, 0.3) is 11.6 Å². The maximum Gasteiger partial charge on any atom is 0.270 e. The van der Waals surface area contributed by atoms with Gasteiger partial charge in [0.2, 0.25) is 0 Å². The Balaban J connectivity index is 1.95. The standard InChI is InChI=1S/C18H22N4O4/c1-13-16(18(19)23)12-17(14-3-2-4-15(11-14)22(24)25)21(13)6-5-20-7-9-26-10-8-20/h2-4,11-12H,5-10H2,1H3,(H2,19,23). The van der Waals surface area contributed by atoms with Crippen LogP contribution in [0.15, 0.2) is 30.3 Å². The summed E-state index contributed by atoms with van der Waals surface area (Å²) in [6.45, 7) is 6.49. The molecule has 0 radical (unpaired) electrons. The molecule has 2 aromatic rings. The molecule has 0 spiro atoms. The molecule has 2 N–H and O–H groups in total. The molecule has 0 bridgehead atoms. The van der Waals surface area contributed by atoms with Crippen molar-refractivity contribution >= 4 is 11.6 Å². The second kappa shape index (κ2) is 7.67. The number of primary amides is 1. The summed E-state index contributed by atoms with van der Waals surface area (Å²) in [5.41, 5.74) is 8.18. The largest absolute Gasteiger partial charge is 0.379 e. The molecule has 0 unspecified atom stereocenters. The Kier molecular flexibility index (Phi) is 5.34. The minimum Gasteiger partial charge on any atom is -0.379 e. The summed E-state index contributed by atoms with van der Waals surface area (Å²) in [4.78, 5) is 24.7. The number of amides is 1. The first-order valence-corrected chi connectivity index (χ1v) is 8.52. The summed E-state index contributed by atoms with van der Waals surface area (Å²) < 4.78 is 7.37. The number of hydrogen-bond donors (Lipinski definition) is 1. The van der Waals surface area contributed by atoms with Gasteiger partial charge in [-0.05, 0) is 13.0 Å². The van der Waals surface area contributed by atoms with Crippen molar-refractivity contribution in [1.82, 2.24) is 9.47 Å². The summed E-state index contributed by atoms with van der Waals surface area (Å²) in [5, 5.41) is 11.1. The van der Waals surface area contributed by atoms with Gasteiger partial charge in [0.05, 0.1) is 23.7 Å². The van der Waals surface area contributed by atoms with Gasteiger partial charge in [0.1, 0.15) is 0 Å². The van der Waals surface area contributed by atoms with Crippen LogP contribution < -0.4 is 5.73 Å². The van der Waals surface area contributed by atoms with Gasteiger partial charge < -0.3 is 15.0 Å². The van der Waals surface area contributed by atoms with E-state index in [1.807, 2.05) is 11.5 Å². The molecule has 2 heterocycles. The Morgan fingerprint density at radius 2 is 2.00 bits per heavy atom. The molecule has 1 fully saturated rings. The SMILES string of the molecule is Cc1c(C(N)=O)cc(-c2cccc([N+](=O)[O-])c2)n1CCN1CCOCC1. The average molecular weight is 358 g/mol. The van der Waals surface area contributed by atoms with Gasteiger partial charge in [-0.2, -0.15) is 0 Å². The highest BCUT2D eigenvalue weighted by molar-refractivity contribution is 5.95. The fourth-order valence-corrected chi connectivity index (χ4v) is 3.27. The van der Waals surface area contributed by atoms with Gasteiger partial charge >= 0.3 is 0 Å². The van der Waals surface area contributed by atoms with Crippen LogP contribution in [0.2, 0.25) is 0 Å². The fourth-order valence-electron chi connectivity index (χ4n) is 3.27. The molecule has 0 saturated carbocycles. The zero-order chi connectivity index (χ0) is 18.7. The van der Waals surface area contributed by atoms with Crippen molar-refractivity contribution in [3.8, 4) is 11.3 Å². The molecule has 1 aromatic heterocycles. The summed E-state index contributed by atoms with van der Waals surface area (Å²) in [5.74, 6) is -0.501. The molecule has 1 amide bonds. The number of nitro benzene ring substituents is 1. The maximum atomic E-state index is 11.8. The molecule has 0 atom stereocenters. The van der Waals surface area contributed by atoms with Crippen LogP contribution in [0.5, 0.6) is 0 Å². The number of carbonyl (C=O) groups excluding carboxylic acids is 1. The predicted molar refractivity (Wildman–Crippen MR) is 97.0 cm³/mol. The van der Waals surface area contributed by atoms with Crippen molar-refractivity contribution in [2.75, 3.05) is 32.8 Å². The smallest absolute Gasteiger partial charge is 0.270 e. The Labute approximate surface area is 151 Å². The van der Waals surface area contributed by atoms with Crippen LogP contribution in [0.3, 0.4) is 0 Å². The molecule has 0 aliphatic carbocycles. The zero-order valence-electron chi connectivity index (χ0n) is 14.7. The van der Waals surface area contributed by atoms with Gasteiger partial charge in [-0.25, -0.2) is 0 Å². The monoisotopic (exact) mass is 358 g/mol. The molecule has 3 rings (SSSR count). The number of morpholine rings is 1. The van der Waals surface area contributed by atoms with Gasteiger partial charge in [0.15, 0.2) is 0 Å². The quantitative estimate of drug-likeness (QED) is 0.626. The highest BCUT2D eigenvalue weighted by atomic mass is 16.6. The molecule has 26 heavy (non-hydrogen) atoms. The third-order valence-corrected chi connectivity index (χ3v) is 4.73. The Morgan fingerprint density at radius 3 is 2.65 bits per heavy atom. The minimum absolute atomic E-state index is 0.0155. The number of nitrogens with two attached hydrogens (primary N) is 1. The number of hydrogen-bond acceptors (Lipinski definition) is 5. The molecule has 1 aliphatic heterocycles. The molecule has 138 valence electrons. The van der Waals surface area contributed by atoms with E-state index in [2.05, 4.69) is 4.90 Å². The Hall–Kier alpha value is -2.71. The first kappa shape index (κ1) is 18.1. The van der Waals surface area contributed by atoms with Crippen molar-refractivity contribution in [3.05, 3.63) is 51.7 Å². The van der Waals surface area contributed by atoms with Crippen molar-refractivity contribution in [2.45, 2.75) is 13.5 Å². The first-order valence-electron chi connectivity index (χ1n) is 8.52. The lowest BCUT2D eigenvalue weighted by atomic mass is 10.1. The molecule has 8 heteroatoms. The molecule has 1 aliphatic rings. The number of carbonyl (C=O) groups is 1. The number of aromatic nitrogens is 1. The predicted octanol–water partition coefficient (Wildman–Crippen LogP) is 1.80. The number of rotatable bonds is 6. The normalized spacial score (nSPS) is 15.1. The molecular formula is C18H22N4O4. The molecular weight excluding hydrogens is 336 g/mol. The van der Waals surface area contributed by atoms with Crippen LogP contribution >= 0.6 is 0 Å². The third-order valence-electron chi connectivity index (χ3n) is 4.73. The van der Waals surface area contributed by atoms with E-state index in [1.165, 1.54) is 12.1 Å². The van der Waals surface area contributed by atoms with Crippen LogP contribution in [-0.4, -0.2) is 53.1 Å². The minimum atomic E-state index is -0.501.